The fourth-order valence-corrected chi connectivity index (χ4v) is 2.86. The molecule has 0 radical (unpaired) electrons. The number of nitrogens with two attached hydrogens (primary N) is 1. The van der Waals surface area contributed by atoms with E-state index in [-0.39, 0.29) is 5.82 Å². The third-order valence-corrected chi connectivity index (χ3v) is 3.78. The van der Waals surface area contributed by atoms with Gasteiger partial charge in [-0.1, -0.05) is 18.2 Å². The lowest BCUT2D eigenvalue weighted by atomic mass is 10.1. The number of anilines is 1. The number of fused-ring (bicyclic) bond motifs is 3. The van der Waals surface area contributed by atoms with Crippen molar-refractivity contribution in [3.05, 3.63) is 72.5 Å². The number of halogens is 1. The lowest BCUT2D eigenvalue weighted by molar-refractivity contribution is 0.627. The molecule has 1 aromatic heterocycles. The minimum atomic E-state index is -0.233. The molecule has 0 atom stereocenters. The molecular formula is C18H13FN2. The molecule has 4 aromatic rings. The second kappa shape index (κ2) is 4.35. The standard InChI is InChI=1S/C18H13FN2/c19-12-5-8-14(9-6-12)21-17-4-2-1-3-15(17)16-11-13(20)7-10-18(16)21/h1-11H,20H2. The first kappa shape index (κ1) is 12.0. The molecule has 0 spiro atoms. The van der Waals surface area contributed by atoms with Crippen LogP contribution in [0, 0.1) is 5.82 Å². The van der Waals surface area contributed by atoms with Gasteiger partial charge >= 0.3 is 0 Å². The summed E-state index contributed by atoms with van der Waals surface area (Å²) in [6.45, 7) is 0. The first-order valence-corrected chi connectivity index (χ1v) is 6.79. The van der Waals surface area contributed by atoms with E-state index in [4.69, 9.17) is 5.73 Å². The molecule has 0 aliphatic carbocycles. The van der Waals surface area contributed by atoms with Gasteiger partial charge in [0.15, 0.2) is 0 Å². The SMILES string of the molecule is Nc1ccc2c(c1)c1ccccc1n2-c1ccc(F)cc1. The average Bonchev–Trinajstić information content (AvgIpc) is 2.82. The summed E-state index contributed by atoms with van der Waals surface area (Å²) in [5, 5.41) is 2.25. The maximum absolute atomic E-state index is 13.2. The highest BCUT2D eigenvalue weighted by atomic mass is 19.1. The maximum Gasteiger partial charge on any atom is 0.123 e. The van der Waals surface area contributed by atoms with Gasteiger partial charge in [-0.15, -0.1) is 0 Å². The van der Waals surface area contributed by atoms with Gasteiger partial charge in [0.25, 0.3) is 0 Å². The topological polar surface area (TPSA) is 30.9 Å². The van der Waals surface area contributed by atoms with Gasteiger partial charge in [0.05, 0.1) is 11.0 Å². The number of rotatable bonds is 1. The van der Waals surface area contributed by atoms with E-state index in [1.165, 1.54) is 12.1 Å². The van der Waals surface area contributed by atoms with Crippen molar-refractivity contribution in [2.75, 3.05) is 5.73 Å². The van der Waals surface area contributed by atoms with E-state index in [1.807, 2.05) is 30.3 Å². The Kier molecular flexibility index (Phi) is 2.48. The molecule has 3 heteroatoms. The molecule has 102 valence electrons. The fourth-order valence-electron chi connectivity index (χ4n) is 2.86. The van der Waals surface area contributed by atoms with Crippen molar-refractivity contribution in [1.29, 1.82) is 0 Å². The van der Waals surface area contributed by atoms with E-state index < -0.39 is 0 Å². The Morgan fingerprint density at radius 2 is 1.48 bits per heavy atom. The average molecular weight is 276 g/mol. The van der Waals surface area contributed by atoms with Crippen LogP contribution in [0.15, 0.2) is 66.7 Å². The van der Waals surface area contributed by atoms with E-state index >= 15 is 0 Å². The van der Waals surface area contributed by atoms with Crippen molar-refractivity contribution >= 4 is 27.5 Å². The highest BCUT2D eigenvalue weighted by Crippen LogP contribution is 2.32. The second-order valence-corrected chi connectivity index (χ2v) is 5.11. The Hall–Kier alpha value is -2.81. The first-order chi connectivity index (χ1) is 10.2. The van der Waals surface area contributed by atoms with Crippen molar-refractivity contribution in [2.45, 2.75) is 0 Å². The Balaban J connectivity index is 2.17. The molecule has 21 heavy (non-hydrogen) atoms. The fraction of sp³-hybridized carbons (Fsp3) is 0. The molecule has 0 saturated heterocycles. The van der Waals surface area contributed by atoms with Crippen LogP contribution in [0.5, 0.6) is 0 Å². The van der Waals surface area contributed by atoms with E-state index in [0.29, 0.717) is 0 Å². The molecule has 0 fully saturated rings. The number of nitrogen functional groups attached to an aromatic ring is 1. The van der Waals surface area contributed by atoms with Crippen LogP contribution in [0.2, 0.25) is 0 Å². The highest BCUT2D eigenvalue weighted by molar-refractivity contribution is 6.10. The molecule has 4 rings (SSSR count). The van der Waals surface area contributed by atoms with Crippen LogP contribution in [-0.2, 0) is 0 Å². The molecule has 0 unspecified atom stereocenters. The smallest absolute Gasteiger partial charge is 0.123 e. The van der Waals surface area contributed by atoms with Gasteiger partial charge < -0.3 is 10.3 Å². The van der Waals surface area contributed by atoms with Crippen LogP contribution in [0.4, 0.5) is 10.1 Å². The number of nitrogens with zero attached hydrogens (tertiary/aromatic N) is 1. The molecule has 0 saturated carbocycles. The largest absolute Gasteiger partial charge is 0.399 e. The monoisotopic (exact) mass is 276 g/mol. The lowest BCUT2D eigenvalue weighted by Gasteiger charge is -2.07. The van der Waals surface area contributed by atoms with Gasteiger partial charge in [-0.05, 0) is 48.5 Å². The molecule has 3 aromatic carbocycles. The van der Waals surface area contributed by atoms with Gasteiger partial charge in [0.1, 0.15) is 5.82 Å². The van der Waals surface area contributed by atoms with Crippen LogP contribution in [-0.4, -0.2) is 4.57 Å². The summed E-state index contributed by atoms with van der Waals surface area (Å²) in [4.78, 5) is 0. The van der Waals surface area contributed by atoms with Gasteiger partial charge in [-0.3, -0.25) is 0 Å². The number of hydrogen-bond donors (Lipinski definition) is 1. The zero-order chi connectivity index (χ0) is 14.4. The normalized spacial score (nSPS) is 11.3. The summed E-state index contributed by atoms with van der Waals surface area (Å²) in [7, 11) is 0. The summed E-state index contributed by atoms with van der Waals surface area (Å²) < 4.78 is 15.3. The molecule has 1 heterocycles. The lowest BCUT2D eigenvalue weighted by Crippen LogP contribution is -1.93. The van der Waals surface area contributed by atoms with Crippen LogP contribution < -0.4 is 5.73 Å². The van der Waals surface area contributed by atoms with Crippen molar-refractivity contribution in [1.82, 2.24) is 4.57 Å². The molecular weight excluding hydrogens is 263 g/mol. The molecule has 0 aliphatic rings. The molecule has 2 nitrogen and oxygen atoms in total. The van der Waals surface area contributed by atoms with E-state index in [1.54, 1.807) is 12.1 Å². The van der Waals surface area contributed by atoms with Crippen LogP contribution in [0.1, 0.15) is 0 Å². The number of aromatic nitrogens is 1. The predicted octanol–water partition coefficient (Wildman–Crippen LogP) is 4.51. The Morgan fingerprint density at radius 1 is 0.762 bits per heavy atom. The predicted molar refractivity (Wildman–Crippen MR) is 85.2 cm³/mol. The zero-order valence-electron chi connectivity index (χ0n) is 11.3. The third kappa shape index (κ3) is 1.78. The van der Waals surface area contributed by atoms with Crippen molar-refractivity contribution in [3.8, 4) is 5.69 Å². The first-order valence-electron chi connectivity index (χ1n) is 6.79. The Labute approximate surface area is 121 Å². The zero-order valence-corrected chi connectivity index (χ0v) is 11.3. The molecule has 0 aliphatic heterocycles. The number of benzene rings is 3. The van der Waals surface area contributed by atoms with Gasteiger partial charge in [-0.25, -0.2) is 4.39 Å². The van der Waals surface area contributed by atoms with Crippen LogP contribution in [0.25, 0.3) is 27.5 Å². The van der Waals surface area contributed by atoms with Crippen molar-refractivity contribution < 1.29 is 4.39 Å². The summed E-state index contributed by atoms with van der Waals surface area (Å²) >= 11 is 0. The summed E-state index contributed by atoms with van der Waals surface area (Å²) in [6.07, 6.45) is 0. The van der Waals surface area contributed by atoms with Crippen LogP contribution >= 0.6 is 0 Å². The Morgan fingerprint density at radius 3 is 2.29 bits per heavy atom. The van der Waals surface area contributed by atoms with Crippen LogP contribution in [0.3, 0.4) is 0 Å². The molecule has 2 N–H and O–H groups in total. The molecule has 0 amide bonds. The third-order valence-electron chi connectivity index (χ3n) is 3.78. The summed E-state index contributed by atoms with van der Waals surface area (Å²) in [5.74, 6) is -0.233. The van der Waals surface area contributed by atoms with Gasteiger partial charge in [-0.2, -0.15) is 0 Å². The second-order valence-electron chi connectivity index (χ2n) is 5.11. The van der Waals surface area contributed by atoms with Gasteiger partial charge in [0, 0.05) is 22.1 Å². The van der Waals surface area contributed by atoms with E-state index in [2.05, 4.69) is 16.7 Å². The highest BCUT2D eigenvalue weighted by Gasteiger charge is 2.11. The maximum atomic E-state index is 13.2. The van der Waals surface area contributed by atoms with E-state index in [0.717, 1.165) is 33.2 Å². The van der Waals surface area contributed by atoms with Gasteiger partial charge in [0.2, 0.25) is 0 Å². The molecule has 0 bridgehead atoms. The minimum Gasteiger partial charge on any atom is -0.399 e. The summed E-state index contributed by atoms with van der Waals surface area (Å²) in [5.41, 5.74) is 9.76. The summed E-state index contributed by atoms with van der Waals surface area (Å²) in [6, 6.07) is 20.6. The minimum absolute atomic E-state index is 0.233. The Bertz CT molecular complexity index is 952. The van der Waals surface area contributed by atoms with E-state index in [9.17, 15) is 4.39 Å². The van der Waals surface area contributed by atoms with Crippen molar-refractivity contribution in [3.63, 3.8) is 0 Å². The quantitative estimate of drug-likeness (QED) is 0.510. The number of hydrogen-bond acceptors (Lipinski definition) is 1. The number of para-hydroxylation sites is 1. The van der Waals surface area contributed by atoms with Crippen molar-refractivity contribution in [2.24, 2.45) is 0 Å².